The number of ether oxygens (including phenoxy) is 1. The molecular formula is C25H20BrN5O5. The van der Waals surface area contributed by atoms with E-state index in [1.807, 2.05) is 19.1 Å². The third-order valence-electron chi connectivity index (χ3n) is 5.17. The second-order valence-electron chi connectivity index (χ2n) is 7.87. The molecule has 10 nitrogen and oxygen atoms in total. The van der Waals surface area contributed by atoms with Crippen molar-refractivity contribution in [3.63, 3.8) is 0 Å². The van der Waals surface area contributed by atoms with Crippen LogP contribution in [-0.2, 0) is 4.79 Å². The normalized spacial score (nSPS) is 11.1. The van der Waals surface area contributed by atoms with Crippen molar-refractivity contribution in [2.24, 2.45) is 5.10 Å². The summed E-state index contributed by atoms with van der Waals surface area (Å²) in [5.41, 5.74) is 1.83. The third-order valence-corrected chi connectivity index (χ3v) is 5.66. The average molecular weight is 550 g/mol. The first-order valence-corrected chi connectivity index (χ1v) is 11.5. The Morgan fingerprint density at radius 2 is 1.92 bits per heavy atom. The molecule has 0 unspecified atom stereocenters. The summed E-state index contributed by atoms with van der Waals surface area (Å²) in [4.78, 5) is 40.4. The highest BCUT2D eigenvalue weighted by atomic mass is 79.9. The quantitative estimate of drug-likeness (QED) is 0.204. The molecule has 0 aliphatic carbocycles. The molecule has 0 saturated heterocycles. The summed E-state index contributed by atoms with van der Waals surface area (Å²) >= 11 is 3.34. The van der Waals surface area contributed by atoms with Crippen molar-refractivity contribution in [2.75, 3.05) is 11.9 Å². The van der Waals surface area contributed by atoms with E-state index in [0.717, 1.165) is 14.7 Å². The molecule has 0 aliphatic rings. The Morgan fingerprint density at radius 3 is 2.64 bits per heavy atom. The highest BCUT2D eigenvalue weighted by molar-refractivity contribution is 9.10. The van der Waals surface area contributed by atoms with E-state index in [-0.39, 0.29) is 17.0 Å². The van der Waals surface area contributed by atoms with E-state index in [2.05, 4.69) is 31.3 Å². The van der Waals surface area contributed by atoms with E-state index in [9.17, 15) is 19.7 Å². The van der Waals surface area contributed by atoms with Gasteiger partial charge in [-0.25, -0.2) is 4.98 Å². The van der Waals surface area contributed by atoms with Gasteiger partial charge in [0.15, 0.2) is 12.4 Å². The van der Waals surface area contributed by atoms with Gasteiger partial charge in [-0.1, -0.05) is 33.6 Å². The lowest BCUT2D eigenvalue weighted by Gasteiger charge is -2.09. The minimum atomic E-state index is -0.614. The fraction of sp³-hybridized carbons (Fsp3) is 0.120. The molecule has 3 aromatic carbocycles. The van der Waals surface area contributed by atoms with Crippen LogP contribution in [0.1, 0.15) is 17.0 Å². The summed E-state index contributed by atoms with van der Waals surface area (Å²) < 4.78 is 7.26. The van der Waals surface area contributed by atoms with Gasteiger partial charge in [-0.15, -0.1) is 0 Å². The predicted molar refractivity (Wildman–Crippen MR) is 140 cm³/mol. The van der Waals surface area contributed by atoms with Crippen LogP contribution in [0.4, 0.5) is 11.4 Å². The number of nitrogens with one attached hydrogen (secondary N) is 1. The van der Waals surface area contributed by atoms with Gasteiger partial charge in [0, 0.05) is 21.8 Å². The van der Waals surface area contributed by atoms with E-state index in [0.29, 0.717) is 28.0 Å². The summed E-state index contributed by atoms with van der Waals surface area (Å²) in [5, 5.41) is 18.8. The minimum Gasteiger partial charge on any atom is -0.477 e. The molecule has 4 aromatic rings. The van der Waals surface area contributed by atoms with Gasteiger partial charge in [0.2, 0.25) is 0 Å². The summed E-state index contributed by atoms with van der Waals surface area (Å²) in [6.07, 6.45) is 1.32. The number of nitrogens with zero attached hydrogens (tertiary/aromatic N) is 4. The van der Waals surface area contributed by atoms with Gasteiger partial charge in [0.1, 0.15) is 5.82 Å². The standard InChI is InChI=1S/C25H20BrN5O5/c1-15-3-7-19(8-4-15)29-24(32)14-36-23-10-5-17(11-22(23)31(34)35)13-27-30-16(2)28-21-9-6-18(26)12-20(21)25(30)33/h3-13H,14H2,1-2H3,(H,29,32). The molecule has 1 heterocycles. The maximum absolute atomic E-state index is 12.9. The molecular weight excluding hydrogens is 530 g/mol. The van der Waals surface area contributed by atoms with E-state index in [1.54, 1.807) is 37.3 Å². The van der Waals surface area contributed by atoms with Crippen molar-refractivity contribution in [3.05, 3.63) is 103 Å². The zero-order valence-corrected chi connectivity index (χ0v) is 20.9. The number of fused-ring (bicyclic) bond motifs is 1. The van der Waals surface area contributed by atoms with Crippen molar-refractivity contribution in [3.8, 4) is 5.75 Å². The molecule has 11 heteroatoms. The molecule has 182 valence electrons. The van der Waals surface area contributed by atoms with Crippen LogP contribution in [0.25, 0.3) is 10.9 Å². The summed E-state index contributed by atoms with van der Waals surface area (Å²) in [5.74, 6) is -0.161. The Morgan fingerprint density at radius 1 is 1.17 bits per heavy atom. The minimum absolute atomic E-state index is 0.0678. The van der Waals surface area contributed by atoms with Crippen LogP contribution in [0.5, 0.6) is 5.75 Å². The third kappa shape index (κ3) is 5.63. The predicted octanol–water partition coefficient (Wildman–Crippen LogP) is 4.58. The second kappa shape index (κ2) is 10.5. The number of carbonyl (C=O) groups excluding carboxylic acids is 1. The molecule has 4 rings (SSSR count). The number of hydrogen-bond acceptors (Lipinski definition) is 7. The van der Waals surface area contributed by atoms with Crippen molar-refractivity contribution in [1.29, 1.82) is 0 Å². The maximum atomic E-state index is 12.9. The summed E-state index contributed by atoms with van der Waals surface area (Å²) in [6.45, 7) is 3.16. The van der Waals surface area contributed by atoms with Crippen LogP contribution >= 0.6 is 15.9 Å². The summed E-state index contributed by atoms with van der Waals surface area (Å²) in [6, 6.07) is 16.5. The molecule has 36 heavy (non-hydrogen) atoms. The molecule has 0 atom stereocenters. The van der Waals surface area contributed by atoms with E-state index in [1.165, 1.54) is 24.4 Å². The fourth-order valence-electron chi connectivity index (χ4n) is 3.38. The number of aryl methyl sites for hydroxylation is 2. The number of amides is 1. The highest BCUT2D eigenvalue weighted by Gasteiger charge is 2.17. The number of nitro groups is 1. The molecule has 0 bridgehead atoms. The Hall–Kier alpha value is -4.38. The number of halogens is 1. The van der Waals surface area contributed by atoms with Crippen molar-refractivity contribution in [2.45, 2.75) is 13.8 Å². The van der Waals surface area contributed by atoms with Crippen LogP contribution in [0.3, 0.4) is 0 Å². The topological polar surface area (TPSA) is 129 Å². The fourth-order valence-corrected chi connectivity index (χ4v) is 3.74. The van der Waals surface area contributed by atoms with Crippen LogP contribution in [0.2, 0.25) is 0 Å². The van der Waals surface area contributed by atoms with Gasteiger partial charge >= 0.3 is 5.69 Å². The van der Waals surface area contributed by atoms with Crippen LogP contribution in [0, 0.1) is 24.0 Å². The van der Waals surface area contributed by atoms with Crippen molar-refractivity contribution >= 4 is 50.3 Å². The molecule has 0 radical (unpaired) electrons. The van der Waals surface area contributed by atoms with Gasteiger partial charge < -0.3 is 10.1 Å². The zero-order valence-electron chi connectivity index (χ0n) is 19.3. The van der Waals surface area contributed by atoms with E-state index in [4.69, 9.17) is 4.74 Å². The molecule has 0 fully saturated rings. The molecule has 0 spiro atoms. The Bertz CT molecular complexity index is 1560. The van der Waals surface area contributed by atoms with Gasteiger partial charge in [-0.3, -0.25) is 19.7 Å². The number of nitro benzene ring substituents is 1. The van der Waals surface area contributed by atoms with Crippen molar-refractivity contribution in [1.82, 2.24) is 9.66 Å². The lowest BCUT2D eigenvalue weighted by atomic mass is 10.2. The highest BCUT2D eigenvalue weighted by Crippen LogP contribution is 2.27. The number of carbonyl (C=O) groups is 1. The molecule has 1 amide bonds. The van der Waals surface area contributed by atoms with Crippen molar-refractivity contribution < 1.29 is 14.5 Å². The maximum Gasteiger partial charge on any atom is 0.311 e. The van der Waals surface area contributed by atoms with E-state index < -0.39 is 17.4 Å². The monoisotopic (exact) mass is 549 g/mol. The Balaban J connectivity index is 1.53. The SMILES string of the molecule is Cc1ccc(NC(=O)COc2ccc(C=Nn3c(C)nc4ccc(Br)cc4c3=O)cc2[N+](=O)[O-])cc1. The number of aromatic nitrogens is 2. The van der Waals surface area contributed by atoms with Gasteiger partial charge in [0.05, 0.1) is 22.0 Å². The number of benzene rings is 3. The summed E-state index contributed by atoms with van der Waals surface area (Å²) in [7, 11) is 0. The lowest BCUT2D eigenvalue weighted by molar-refractivity contribution is -0.385. The van der Waals surface area contributed by atoms with Crippen LogP contribution in [-0.4, -0.2) is 33.3 Å². The first-order valence-electron chi connectivity index (χ1n) is 10.7. The van der Waals surface area contributed by atoms with Gasteiger partial charge in [0.25, 0.3) is 11.5 Å². The first kappa shape index (κ1) is 24.7. The largest absolute Gasteiger partial charge is 0.477 e. The molecule has 1 aromatic heterocycles. The van der Waals surface area contributed by atoms with Crippen LogP contribution < -0.4 is 15.6 Å². The molecule has 0 saturated carbocycles. The van der Waals surface area contributed by atoms with E-state index >= 15 is 0 Å². The second-order valence-corrected chi connectivity index (χ2v) is 8.78. The Kier molecular flexibility index (Phi) is 7.20. The van der Waals surface area contributed by atoms with Gasteiger partial charge in [-0.05, 0) is 56.3 Å². The zero-order chi connectivity index (χ0) is 25.8. The smallest absolute Gasteiger partial charge is 0.311 e. The number of anilines is 1. The lowest BCUT2D eigenvalue weighted by Crippen LogP contribution is -2.21. The Labute approximate surface area is 213 Å². The molecule has 0 aliphatic heterocycles. The first-order chi connectivity index (χ1) is 17.2. The molecule has 1 N–H and O–H groups in total. The van der Waals surface area contributed by atoms with Crippen LogP contribution in [0.15, 0.2) is 75.0 Å². The average Bonchev–Trinajstić information content (AvgIpc) is 2.85. The number of rotatable bonds is 7. The number of hydrogen-bond donors (Lipinski definition) is 1. The van der Waals surface area contributed by atoms with Gasteiger partial charge in [-0.2, -0.15) is 9.78 Å².